The zero-order valence-corrected chi connectivity index (χ0v) is 12.8. The van der Waals surface area contributed by atoms with Crippen molar-refractivity contribution in [2.75, 3.05) is 18.9 Å². The molecule has 0 aliphatic heterocycles. The van der Waals surface area contributed by atoms with Crippen LogP contribution >= 0.6 is 0 Å². The minimum atomic E-state index is -0.648. The Morgan fingerprint density at radius 3 is 2.40 bits per heavy atom. The van der Waals surface area contributed by atoms with Crippen LogP contribution in [0.1, 0.15) is 36.7 Å². The third-order valence-electron chi connectivity index (χ3n) is 3.27. The highest BCUT2D eigenvalue weighted by atomic mass is 16.2. The van der Waals surface area contributed by atoms with E-state index in [1.165, 1.54) is 0 Å². The molecule has 0 heterocycles. The Morgan fingerprint density at radius 2 is 1.90 bits per heavy atom. The van der Waals surface area contributed by atoms with Gasteiger partial charge in [0.1, 0.15) is 0 Å². The molecule has 0 aliphatic carbocycles. The van der Waals surface area contributed by atoms with E-state index in [0.29, 0.717) is 17.8 Å². The number of carbonyl (C=O) groups excluding carboxylic acids is 2. The second kappa shape index (κ2) is 6.52. The topological polar surface area (TPSA) is 70.2 Å². The average Bonchev–Trinajstić information content (AvgIpc) is 2.41. The molecule has 3 N–H and O–H groups in total. The molecule has 0 aliphatic rings. The van der Waals surface area contributed by atoms with Gasteiger partial charge in [-0.05, 0) is 58.5 Å². The molecule has 5 nitrogen and oxygen atoms in total. The van der Waals surface area contributed by atoms with Gasteiger partial charge in [0.05, 0.1) is 5.54 Å². The van der Waals surface area contributed by atoms with Crippen LogP contribution in [0.4, 0.5) is 5.69 Å². The van der Waals surface area contributed by atoms with Crippen molar-refractivity contribution in [1.82, 2.24) is 10.6 Å². The summed E-state index contributed by atoms with van der Waals surface area (Å²) in [6.07, 6.45) is 0. The van der Waals surface area contributed by atoms with Crippen LogP contribution in [0.3, 0.4) is 0 Å². The van der Waals surface area contributed by atoms with Gasteiger partial charge in [0, 0.05) is 17.8 Å². The van der Waals surface area contributed by atoms with Crippen LogP contribution in [0.15, 0.2) is 18.2 Å². The summed E-state index contributed by atoms with van der Waals surface area (Å²) in [6.45, 7) is 7.94. The van der Waals surface area contributed by atoms with Gasteiger partial charge in [-0.1, -0.05) is 0 Å². The van der Waals surface area contributed by atoms with Gasteiger partial charge in [-0.3, -0.25) is 9.59 Å². The first-order valence-corrected chi connectivity index (χ1v) is 6.71. The Hall–Kier alpha value is -1.88. The van der Waals surface area contributed by atoms with E-state index < -0.39 is 5.54 Å². The summed E-state index contributed by atoms with van der Waals surface area (Å²) in [6, 6.07) is 5.23. The predicted molar refractivity (Wildman–Crippen MR) is 81.0 cm³/mol. The van der Waals surface area contributed by atoms with Crippen LogP contribution < -0.4 is 16.0 Å². The molecule has 1 aromatic carbocycles. The average molecular weight is 277 g/mol. The number of rotatable bonds is 5. The van der Waals surface area contributed by atoms with E-state index in [1.54, 1.807) is 39.1 Å². The van der Waals surface area contributed by atoms with Gasteiger partial charge in [0.15, 0.2) is 0 Å². The summed E-state index contributed by atoms with van der Waals surface area (Å²) in [5.41, 5.74) is 1.51. The molecule has 110 valence electrons. The van der Waals surface area contributed by atoms with Crippen molar-refractivity contribution >= 4 is 17.5 Å². The second-order valence-corrected chi connectivity index (χ2v) is 5.22. The van der Waals surface area contributed by atoms with Gasteiger partial charge in [-0.2, -0.15) is 0 Å². The normalized spacial score (nSPS) is 11.1. The minimum Gasteiger partial charge on any atom is -0.352 e. The number of nitrogens with one attached hydrogen (secondary N) is 3. The van der Waals surface area contributed by atoms with Crippen molar-refractivity contribution in [3.05, 3.63) is 29.3 Å². The van der Waals surface area contributed by atoms with Crippen LogP contribution in [0.25, 0.3) is 0 Å². The number of carbonyl (C=O) groups is 2. The maximum atomic E-state index is 12.1. The summed E-state index contributed by atoms with van der Waals surface area (Å²) in [5.74, 6) is -0.224. The standard InChI is InChI=1S/C15H23N3O2/c1-6-17-13(19)11-7-8-12(10(2)9-11)18-14(20)15(3,4)16-5/h7-9,16H,6H2,1-5H3,(H,17,19)(H,18,20). The first kappa shape index (κ1) is 16.2. The zero-order valence-electron chi connectivity index (χ0n) is 12.8. The number of hydrogen-bond donors (Lipinski definition) is 3. The molecule has 0 saturated carbocycles. The Kier molecular flexibility index (Phi) is 5.27. The summed E-state index contributed by atoms with van der Waals surface area (Å²) < 4.78 is 0. The van der Waals surface area contributed by atoms with E-state index in [1.807, 2.05) is 13.8 Å². The molecule has 0 spiro atoms. The number of benzene rings is 1. The number of hydrogen-bond acceptors (Lipinski definition) is 3. The van der Waals surface area contributed by atoms with Gasteiger partial charge in [-0.15, -0.1) is 0 Å². The van der Waals surface area contributed by atoms with Gasteiger partial charge >= 0.3 is 0 Å². The predicted octanol–water partition coefficient (Wildman–Crippen LogP) is 1.68. The summed E-state index contributed by atoms with van der Waals surface area (Å²) in [5, 5.41) is 8.56. The molecule has 0 aromatic heterocycles. The Morgan fingerprint density at radius 1 is 1.25 bits per heavy atom. The number of likely N-dealkylation sites (N-methyl/N-ethyl adjacent to an activating group) is 1. The van der Waals surface area contributed by atoms with Crippen molar-refractivity contribution in [2.45, 2.75) is 33.2 Å². The van der Waals surface area contributed by atoms with E-state index in [2.05, 4.69) is 16.0 Å². The highest BCUT2D eigenvalue weighted by Crippen LogP contribution is 2.18. The summed E-state index contributed by atoms with van der Waals surface area (Å²) in [7, 11) is 1.74. The lowest BCUT2D eigenvalue weighted by atomic mass is 10.0. The van der Waals surface area contributed by atoms with Crippen LogP contribution in [0.5, 0.6) is 0 Å². The van der Waals surface area contributed by atoms with Crippen LogP contribution in [-0.4, -0.2) is 30.9 Å². The molecule has 0 saturated heterocycles. The van der Waals surface area contributed by atoms with Gasteiger partial charge in [0.2, 0.25) is 5.91 Å². The highest BCUT2D eigenvalue weighted by Gasteiger charge is 2.25. The lowest BCUT2D eigenvalue weighted by molar-refractivity contribution is -0.121. The smallest absolute Gasteiger partial charge is 0.251 e. The third kappa shape index (κ3) is 3.81. The highest BCUT2D eigenvalue weighted by molar-refractivity contribution is 5.99. The van der Waals surface area contributed by atoms with Crippen LogP contribution in [0, 0.1) is 6.92 Å². The molecule has 0 radical (unpaired) electrons. The number of aryl methyl sites for hydroxylation is 1. The van der Waals surface area contributed by atoms with Crippen molar-refractivity contribution in [3.8, 4) is 0 Å². The van der Waals surface area contributed by atoms with Crippen LogP contribution in [0.2, 0.25) is 0 Å². The zero-order chi connectivity index (χ0) is 15.3. The molecule has 1 aromatic rings. The Labute approximate surface area is 120 Å². The number of anilines is 1. The van der Waals surface area contributed by atoms with Crippen molar-refractivity contribution < 1.29 is 9.59 Å². The van der Waals surface area contributed by atoms with E-state index in [-0.39, 0.29) is 11.8 Å². The maximum Gasteiger partial charge on any atom is 0.251 e. The summed E-state index contributed by atoms with van der Waals surface area (Å²) >= 11 is 0. The monoisotopic (exact) mass is 277 g/mol. The van der Waals surface area contributed by atoms with Crippen molar-refractivity contribution in [3.63, 3.8) is 0 Å². The van der Waals surface area contributed by atoms with E-state index in [4.69, 9.17) is 0 Å². The van der Waals surface area contributed by atoms with Gasteiger partial charge in [-0.25, -0.2) is 0 Å². The molecular formula is C15H23N3O2. The van der Waals surface area contributed by atoms with Crippen LogP contribution in [-0.2, 0) is 4.79 Å². The van der Waals surface area contributed by atoms with Crippen molar-refractivity contribution in [2.24, 2.45) is 0 Å². The van der Waals surface area contributed by atoms with E-state index >= 15 is 0 Å². The first-order chi connectivity index (χ1) is 9.31. The lowest BCUT2D eigenvalue weighted by Crippen LogP contribution is -2.48. The number of amides is 2. The molecule has 5 heteroatoms. The van der Waals surface area contributed by atoms with Gasteiger partial charge in [0.25, 0.3) is 5.91 Å². The molecule has 0 unspecified atom stereocenters. The molecule has 0 atom stereocenters. The Bertz CT molecular complexity index is 510. The van der Waals surface area contributed by atoms with E-state index in [9.17, 15) is 9.59 Å². The molecule has 2 amide bonds. The molecular weight excluding hydrogens is 254 g/mol. The quantitative estimate of drug-likeness (QED) is 0.767. The molecule has 1 rings (SSSR count). The minimum absolute atomic E-state index is 0.107. The fraction of sp³-hybridized carbons (Fsp3) is 0.467. The second-order valence-electron chi connectivity index (χ2n) is 5.22. The maximum absolute atomic E-state index is 12.1. The Balaban J connectivity index is 2.89. The fourth-order valence-electron chi connectivity index (χ4n) is 1.60. The van der Waals surface area contributed by atoms with E-state index in [0.717, 1.165) is 5.56 Å². The molecule has 0 fully saturated rings. The largest absolute Gasteiger partial charge is 0.352 e. The van der Waals surface area contributed by atoms with Gasteiger partial charge < -0.3 is 16.0 Å². The molecule has 0 bridgehead atoms. The third-order valence-corrected chi connectivity index (χ3v) is 3.27. The fourth-order valence-corrected chi connectivity index (χ4v) is 1.60. The SMILES string of the molecule is CCNC(=O)c1ccc(NC(=O)C(C)(C)NC)c(C)c1. The van der Waals surface area contributed by atoms with Crippen molar-refractivity contribution in [1.29, 1.82) is 0 Å². The lowest BCUT2D eigenvalue weighted by Gasteiger charge is -2.23. The molecule has 20 heavy (non-hydrogen) atoms. The first-order valence-electron chi connectivity index (χ1n) is 6.71. The summed E-state index contributed by atoms with van der Waals surface area (Å²) in [4.78, 5) is 23.8.